The zero-order valence-corrected chi connectivity index (χ0v) is 12.0. The lowest BCUT2D eigenvalue weighted by atomic mass is 9.99. The van der Waals surface area contributed by atoms with Crippen molar-refractivity contribution in [3.63, 3.8) is 0 Å². The number of aliphatic hydroxyl groups excluding tert-OH is 1. The van der Waals surface area contributed by atoms with Gasteiger partial charge in [-0.2, -0.15) is 0 Å². The second kappa shape index (κ2) is 7.22. The number of cyclic esters (lactones) is 1. The van der Waals surface area contributed by atoms with Gasteiger partial charge in [0.25, 0.3) is 0 Å². The molecule has 0 aliphatic carbocycles. The number of esters is 1. The SMILES string of the molecule is N=C(N)c1ccc(CCCC[C@@H]2C[C@@H](O)CC(=O)O2)cc1. The first-order valence-corrected chi connectivity index (χ1v) is 7.35. The van der Waals surface area contributed by atoms with Gasteiger partial charge in [0, 0.05) is 12.0 Å². The van der Waals surface area contributed by atoms with Gasteiger partial charge >= 0.3 is 5.97 Å². The van der Waals surface area contributed by atoms with Crippen molar-refractivity contribution in [1.29, 1.82) is 5.41 Å². The summed E-state index contributed by atoms with van der Waals surface area (Å²) in [5.74, 6) is -0.210. The number of hydrogen-bond acceptors (Lipinski definition) is 4. The highest BCUT2D eigenvalue weighted by Crippen LogP contribution is 2.20. The molecule has 5 heteroatoms. The van der Waals surface area contributed by atoms with Crippen molar-refractivity contribution in [3.8, 4) is 0 Å². The van der Waals surface area contributed by atoms with Crippen LogP contribution in [0.2, 0.25) is 0 Å². The standard InChI is InChI=1S/C16H22N2O3/c17-16(18)12-7-5-11(6-8-12)3-1-2-4-14-9-13(19)10-15(20)21-14/h5-8,13-14,19H,1-4,9-10H2,(H3,17,18)/t13-,14-/m1/s1. The van der Waals surface area contributed by atoms with Crippen LogP contribution in [0.25, 0.3) is 0 Å². The third kappa shape index (κ3) is 4.86. The number of aryl methyl sites for hydroxylation is 1. The summed E-state index contributed by atoms with van der Waals surface area (Å²) in [7, 11) is 0. The van der Waals surface area contributed by atoms with Gasteiger partial charge in [0.2, 0.25) is 0 Å². The van der Waals surface area contributed by atoms with E-state index in [0.29, 0.717) is 6.42 Å². The number of aliphatic hydroxyl groups is 1. The van der Waals surface area contributed by atoms with Crippen molar-refractivity contribution in [2.45, 2.75) is 50.7 Å². The van der Waals surface area contributed by atoms with Crippen molar-refractivity contribution in [3.05, 3.63) is 35.4 Å². The molecule has 5 nitrogen and oxygen atoms in total. The monoisotopic (exact) mass is 290 g/mol. The van der Waals surface area contributed by atoms with Gasteiger partial charge in [-0.05, 0) is 31.2 Å². The van der Waals surface area contributed by atoms with Crippen LogP contribution in [0.3, 0.4) is 0 Å². The Bertz CT molecular complexity index is 499. The average molecular weight is 290 g/mol. The van der Waals surface area contributed by atoms with Crippen LogP contribution in [0.15, 0.2) is 24.3 Å². The molecule has 0 saturated carbocycles. The molecular weight excluding hydrogens is 268 g/mol. The summed E-state index contributed by atoms with van der Waals surface area (Å²) >= 11 is 0. The van der Waals surface area contributed by atoms with E-state index in [2.05, 4.69) is 0 Å². The summed E-state index contributed by atoms with van der Waals surface area (Å²) in [5.41, 5.74) is 7.36. The van der Waals surface area contributed by atoms with Crippen LogP contribution in [0, 0.1) is 5.41 Å². The minimum Gasteiger partial charge on any atom is -0.462 e. The van der Waals surface area contributed by atoms with Crippen LogP contribution >= 0.6 is 0 Å². The maximum Gasteiger partial charge on any atom is 0.308 e. The summed E-state index contributed by atoms with van der Waals surface area (Å²) in [6, 6.07) is 7.69. The Morgan fingerprint density at radius 3 is 2.67 bits per heavy atom. The molecule has 0 bridgehead atoms. The number of nitrogens with two attached hydrogens (primary N) is 1. The lowest BCUT2D eigenvalue weighted by molar-refractivity contribution is -0.160. The molecule has 1 aromatic carbocycles. The predicted octanol–water partition coefficient (Wildman–Crippen LogP) is 1.75. The van der Waals surface area contributed by atoms with Gasteiger partial charge in [0.15, 0.2) is 0 Å². The van der Waals surface area contributed by atoms with Gasteiger partial charge in [-0.25, -0.2) is 0 Å². The highest BCUT2D eigenvalue weighted by Gasteiger charge is 2.26. The van der Waals surface area contributed by atoms with E-state index in [4.69, 9.17) is 15.9 Å². The molecule has 1 heterocycles. The fourth-order valence-electron chi connectivity index (χ4n) is 2.59. The van der Waals surface area contributed by atoms with Gasteiger partial charge in [-0.3, -0.25) is 10.2 Å². The van der Waals surface area contributed by atoms with Crippen molar-refractivity contribution < 1.29 is 14.6 Å². The van der Waals surface area contributed by atoms with Gasteiger partial charge < -0.3 is 15.6 Å². The molecule has 0 amide bonds. The van der Waals surface area contributed by atoms with Crippen LogP contribution in [-0.4, -0.2) is 29.1 Å². The first-order chi connectivity index (χ1) is 10.0. The molecule has 1 fully saturated rings. The van der Waals surface area contributed by atoms with E-state index in [0.717, 1.165) is 31.2 Å². The van der Waals surface area contributed by atoms with E-state index >= 15 is 0 Å². The van der Waals surface area contributed by atoms with Crippen LogP contribution in [0.5, 0.6) is 0 Å². The second-order valence-electron chi connectivity index (χ2n) is 5.56. The van der Waals surface area contributed by atoms with Crippen molar-refractivity contribution in [2.24, 2.45) is 5.73 Å². The summed E-state index contributed by atoms with van der Waals surface area (Å²) in [6.07, 6.45) is 3.70. The molecule has 114 valence electrons. The Labute approximate surface area is 124 Å². The largest absolute Gasteiger partial charge is 0.462 e. The molecule has 1 saturated heterocycles. The molecule has 0 aromatic heterocycles. The number of carbonyl (C=O) groups is 1. The maximum absolute atomic E-state index is 11.2. The molecule has 0 unspecified atom stereocenters. The first kappa shape index (κ1) is 15.5. The number of unbranched alkanes of at least 4 members (excludes halogenated alkanes) is 1. The number of amidine groups is 1. The lowest BCUT2D eigenvalue weighted by Crippen LogP contribution is -2.32. The number of benzene rings is 1. The minimum absolute atomic E-state index is 0.0826. The molecule has 2 rings (SSSR count). The molecule has 1 aliphatic heterocycles. The number of ether oxygens (including phenoxy) is 1. The third-order valence-electron chi connectivity index (χ3n) is 3.74. The first-order valence-electron chi connectivity index (χ1n) is 7.35. The molecule has 2 atom stereocenters. The lowest BCUT2D eigenvalue weighted by Gasteiger charge is -2.25. The van der Waals surface area contributed by atoms with Crippen molar-refractivity contribution in [2.75, 3.05) is 0 Å². The van der Waals surface area contributed by atoms with Gasteiger partial charge in [0.05, 0.1) is 12.5 Å². The maximum atomic E-state index is 11.2. The minimum atomic E-state index is -0.546. The second-order valence-corrected chi connectivity index (χ2v) is 5.56. The van der Waals surface area contributed by atoms with Crippen LogP contribution in [0.4, 0.5) is 0 Å². The third-order valence-corrected chi connectivity index (χ3v) is 3.74. The number of hydrogen-bond donors (Lipinski definition) is 3. The van der Waals surface area contributed by atoms with Gasteiger partial charge in [0.1, 0.15) is 11.9 Å². The van der Waals surface area contributed by atoms with Gasteiger partial charge in [-0.1, -0.05) is 24.3 Å². The fourth-order valence-corrected chi connectivity index (χ4v) is 2.59. The Hall–Kier alpha value is -1.88. The average Bonchev–Trinajstić information content (AvgIpc) is 2.43. The van der Waals surface area contributed by atoms with E-state index in [1.54, 1.807) is 0 Å². The van der Waals surface area contributed by atoms with E-state index in [1.165, 1.54) is 5.56 Å². The Morgan fingerprint density at radius 1 is 1.33 bits per heavy atom. The molecular formula is C16H22N2O3. The number of rotatable bonds is 6. The molecule has 0 spiro atoms. The van der Waals surface area contributed by atoms with Crippen molar-refractivity contribution in [1.82, 2.24) is 0 Å². The van der Waals surface area contributed by atoms with Crippen molar-refractivity contribution >= 4 is 11.8 Å². The smallest absolute Gasteiger partial charge is 0.308 e. The van der Waals surface area contributed by atoms with E-state index < -0.39 is 6.10 Å². The van der Waals surface area contributed by atoms with E-state index in [1.807, 2.05) is 24.3 Å². The van der Waals surface area contributed by atoms with Crippen LogP contribution in [-0.2, 0) is 16.0 Å². The highest BCUT2D eigenvalue weighted by atomic mass is 16.5. The Balaban J connectivity index is 1.69. The number of nitrogen functional groups attached to an aromatic ring is 1. The molecule has 0 radical (unpaired) electrons. The summed E-state index contributed by atoms with van der Waals surface area (Å²) in [4.78, 5) is 11.2. The fraction of sp³-hybridized carbons (Fsp3) is 0.500. The highest BCUT2D eigenvalue weighted by molar-refractivity contribution is 5.94. The summed E-state index contributed by atoms with van der Waals surface area (Å²) in [6.45, 7) is 0. The molecule has 4 N–H and O–H groups in total. The zero-order chi connectivity index (χ0) is 15.2. The normalized spacial score (nSPS) is 21.9. The topological polar surface area (TPSA) is 96.4 Å². The van der Waals surface area contributed by atoms with E-state index in [9.17, 15) is 9.90 Å². The predicted molar refractivity (Wildman–Crippen MR) is 80.1 cm³/mol. The summed E-state index contributed by atoms with van der Waals surface area (Å²) in [5, 5.41) is 16.9. The zero-order valence-electron chi connectivity index (χ0n) is 12.0. The van der Waals surface area contributed by atoms with Crippen LogP contribution < -0.4 is 5.73 Å². The number of nitrogens with one attached hydrogen (secondary N) is 1. The Kier molecular flexibility index (Phi) is 5.33. The summed E-state index contributed by atoms with van der Waals surface area (Å²) < 4.78 is 5.21. The number of carbonyl (C=O) groups excluding carboxylic acids is 1. The van der Waals surface area contributed by atoms with Gasteiger partial charge in [-0.15, -0.1) is 0 Å². The molecule has 1 aliphatic rings. The van der Waals surface area contributed by atoms with Crippen LogP contribution in [0.1, 0.15) is 43.2 Å². The quantitative estimate of drug-likeness (QED) is 0.322. The van der Waals surface area contributed by atoms with E-state index in [-0.39, 0.29) is 24.3 Å². The Morgan fingerprint density at radius 2 is 2.05 bits per heavy atom. The molecule has 1 aromatic rings. The molecule has 21 heavy (non-hydrogen) atoms.